The SMILES string of the molecule is CC(C)C[C@H](NC(=O)CCOc1ccccc1)C(=O)N1CCc2ccccc2C1. The van der Waals surface area contributed by atoms with Crippen LogP contribution in [0, 0.1) is 5.92 Å². The lowest BCUT2D eigenvalue weighted by Gasteiger charge is -2.32. The third-order valence-electron chi connectivity index (χ3n) is 5.12. The molecule has 0 aromatic heterocycles. The second kappa shape index (κ2) is 10.1. The summed E-state index contributed by atoms with van der Waals surface area (Å²) in [5.74, 6) is 0.895. The Balaban J connectivity index is 1.55. The maximum atomic E-state index is 13.2. The third-order valence-corrected chi connectivity index (χ3v) is 5.12. The second-order valence-electron chi connectivity index (χ2n) is 7.94. The van der Waals surface area contributed by atoms with Gasteiger partial charge in [-0.15, -0.1) is 0 Å². The van der Waals surface area contributed by atoms with Crippen LogP contribution >= 0.6 is 0 Å². The minimum Gasteiger partial charge on any atom is -0.493 e. The lowest BCUT2D eigenvalue weighted by molar-refractivity contribution is -0.137. The molecule has 2 amide bonds. The van der Waals surface area contributed by atoms with Crippen molar-refractivity contribution < 1.29 is 14.3 Å². The number of nitrogens with zero attached hydrogens (tertiary/aromatic N) is 1. The van der Waals surface area contributed by atoms with Gasteiger partial charge in [0.1, 0.15) is 11.8 Å². The Hall–Kier alpha value is -2.82. The lowest BCUT2D eigenvalue weighted by atomic mass is 9.97. The van der Waals surface area contributed by atoms with Gasteiger partial charge in [0, 0.05) is 13.1 Å². The molecule has 3 rings (SSSR count). The smallest absolute Gasteiger partial charge is 0.245 e. The van der Waals surface area contributed by atoms with Gasteiger partial charge in [-0.25, -0.2) is 0 Å². The largest absolute Gasteiger partial charge is 0.493 e. The molecular formula is C24H30N2O3. The summed E-state index contributed by atoms with van der Waals surface area (Å²) in [6.45, 7) is 5.72. The van der Waals surface area contributed by atoms with E-state index in [1.54, 1.807) is 0 Å². The van der Waals surface area contributed by atoms with Crippen LogP contribution in [-0.4, -0.2) is 35.9 Å². The molecule has 2 aromatic carbocycles. The molecule has 154 valence electrons. The van der Waals surface area contributed by atoms with Crippen LogP contribution in [0.3, 0.4) is 0 Å². The summed E-state index contributed by atoms with van der Waals surface area (Å²) in [6, 6.07) is 17.2. The Bertz CT molecular complexity index is 820. The highest BCUT2D eigenvalue weighted by Crippen LogP contribution is 2.20. The molecule has 0 fully saturated rings. The highest BCUT2D eigenvalue weighted by atomic mass is 16.5. The van der Waals surface area contributed by atoms with Crippen molar-refractivity contribution >= 4 is 11.8 Å². The molecule has 29 heavy (non-hydrogen) atoms. The summed E-state index contributed by atoms with van der Waals surface area (Å²) in [6.07, 6.45) is 1.71. The van der Waals surface area contributed by atoms with Gasteiger partial charge < -0.3 is 15.0 Å². The first-order valence-electron chi connectivity index (χ1n) is 10.4. The van der Waals surface area contributed by atoms with Gasteiger partial charge in [0.15, 0.2) is 0 Å². The summed E-state index contributed by atoms with van der Waals surface area (Å²) >= 11 is 0. The van der Waals surface area contributed by atoms with Crippen LogP contribution < -0.4 is 10.1 Å². The number of hydrogen-bond donors (Lipinski definition) is 1. The van der Waals surface area contributed by atoms with Crippen LogP contribution in [0.5, 0.6) is 5.75 Å². The quantitative estimate of drug-likeness (QED) is 0.745. The van der Waals surface area contributed by atoms with E-state index in [-0.39, 0.29) is 24.8 Å². The van der Waals surface area contributed by atoms with Gasteiger partial charge in [-0.1, -0.05) is 56.3 Å². The molecule has 5 heteroatoms. The summed E-state index contributed by atoms with van der Waals surface area (Å²) in [5.41, 5.74) is 2.50. The number of fused-ring (bicyclic) bond motifs is 1. The van der Waals surface area contributed by atoms with Gasteiger partial charge in [0.05, 0.1) is 13.0 Å². The molecule has 1 atom stereocenters. The molecule has 0 saturated heterocycles. The molecule has 0 unspecified atom stereocenters. The molecule has 1 aliphatic rings. The monoisotopic (exact) mass is 394 g/mol. The molecule has 0 radical (unpaired) electrons. The van der Waals surface area contributed by atoms with Gasteiger partial charge in [-0.05, 0) is 42.0 Å². The average Bonchev–Trinajstić information content (AvgIpc) is 2.73. The average molecular weight is 395 g/mol. The van der Waals surface area contributed by atoms with E-state index >= 15 is 0 Å². The van der Waals surface area contributed by atoms with Gasteiger partial charge in [0.25, 0.3) is 0 Å². The highest BCUT2D eigenvalue weighted by Gasteiger charge is 2.28. The first-order chi connectivity index (χ1) is 14.0. The van der Waals surface area contributed by atoms with Crippen LogP contribution in [0.2, 0.25) is 0 Å². The van der Waals surface area contributed by atoms with Crippen molar-refractivity contribution in [3.05, 3.63) is 65.7 Å². The number of carbonyl (C=O) groups is 2. The van der Waals surface area contributed by atoms with E-state index in [0.717, 1.165) is 12.2 Å². The van der Waals surface area contributed by atoms with E-state index < -0.39 is 6.04 Å². The number of benzene rings is 2. The minimum atomic E-state index is -0.496. The molecule has 1 aliphatic heterocycles. The zero-order chi connectivity index (χ0) is 20.6. The van der Waals surface area contributed by atoms with E-state index in [1.165, 1.54) is 11.1 Å². The fourth-order valence-electron chi connectivity index (χ4n) is 3.64. The van der Waals surface area contributed by atoms with Crippen LogP contribution in [0.1, 0.15) is 37.8 Å². The molecule has 0 saturated carbocycles. The van der Waals surface area contributed by atoms with Crippen molar-refractivity contribution in [2.75, 3.05) is 13.2 Å². The van der Waals surface area contributed by atoms with Crippen molar-refractivity contribution in [2.45, 2.75) is 45.7 Å². The van der Waals surface area contributed by atoms with Crippen LogP contribution in [0.25, 0.3) is 0 Å². The maximum absolute atomic E-state index is 13.2. The predicted molar refractivity (Wildman–Crippen MR) is 114 cm³/mol. The molecular weight excluding hydrogens is 364 g/mol. The Labute approximate surface area is 173 Å². The lowest BCUT2D eigenvalue weighted by Crippen LogP contribution is -2.50. The molecule has 0 aliphatic carbocycles. The minimum absolute atomic E-state index is 0.00512. The summed E-state index contributed by atoms with van der Waals surface area (Å²) in [7, 11) is 0. The van der Waals surface area contributed by atoms with E-state index in [0.29, 0.717) is 25.4 Å². The Morgan fingerprint density at radius 3 is 2.45 bits per heavy atom. The van der Waals surface area contributed by atoms with Crippen LogP contribution in [-0.2, 0) is 22.6 Å². The van der Waals surface area contributed by atoms with Crippen LogP contribution in [0.15, 0.2) is 54.6 Å². The second-order valence-corrected chi connectivity index (χ2v) is 7.94. The molecule has 0 bridgehead atoms. The standard InChI is InChI=1S/C24H30N2O3/c1-18(2)16-22(25-23(27)13-15-29-21-10-4-3-5-11-21)24(28)26-14-12-19-8-6-7-9-20(19)17-26/h3-11,18,22H,12-17H2,1-2H3,(H,25,27)/t22-/m0/s1. The molecule has 1 N–H and O–H groups in total. The zero-order valence-electron chi connectivity index (χ0n) is 17.3. The number of hydrogen-bond acceptors (Lipinski definition) is 3. The number of para-hydroxylation sites is 1. The van der Waals surface area contributed by atoms with Gasteiger partial charge in [-0.2, -0.15) is 0 Å². The summed E-state index contributed by atoms with van der Waals surface area (Å²) in [4.78, 5) is 27.5. The van der Waals surface area contributed by atoms with E-state index in [9.17, 15) is 9.59 Å². The third kappa shape index (κ3) is 6.08. The Kier molecular flexibility index (Phi) is 7.28. The number of rotatable bonds is 8. The van der Waals surface area contributed by atoms with E-state index in [1.807, 2.05) is 47.4 Å². The van der Waals surface area contributed by atoms with E-state index in [4.69, 9.17) is 4.74 Å². The molecule has 5 nitrogen and oxygen atoms in total. The van der Waals surface area contributed by atoms with Crippen molar-refractivity contribution in [2.24, 2.45) is 5.92 Å². The number of nitrogens with one attached hydrogen (secondary N) is 1. The summed E-state index contributed by atoms with van der Waals surface area (Å²) in [5, 5.41) is 2.95. The Morgan fingerprint density at radius 2 is 1.72 bits per heavy atom. The fourth-order valence-corrected chi connectivity index (χ4v) is 3.64. The van der Waals surface area contributed by atoms with Crippen molar-refractivity contribution in [1.82, 2.24) is 10.2 Å². The number of carbonyl (C=O) groups excluding carboxylic acids is 2. The van der Waals surface area contributed by atoms with Gasteiger partial charge in [-0.3, -0.25) is 9.59 Å². The maximum Gasteiger partial charge on any atom is 0.245 e. The Morgan fingerprint density at radius 1 is 1.03 bits per heavy atom. The predicted octanol–water partition coefficient (Wildman–Crippen LogP) is 3.57. The summed E-state index contributed by atoms with van der Waals surface area (Å²) < 4.78 is 5.60. The van der Waals surface area contributed by atoms with Gasteiger partial charge >= 0.3 is 0 Å². The van der Waals surface area contributed by atoms with E-state index in [2.05, 4.69) is 31.3 Å². The first kappa shape index (κ1) is 20.9. The van der Waals surface area contributed by atoms with Gasteiger partial charge in [0.2, 0.25) is 11.8 Å². The van der Waals surface area contributed by atoms with Crippen LogP contribution in [0.4, 0.5) is 0 Å². The van der Waals surface area contributed by atoms with Crippen molar-refractivity contribution in [3.8, 4) is 5.75 Å². The number of ether oxygens (including phenoxy) is 1. The normalized spacial score (nSPS) is 14.2. The first-order valence-corrected chi connectivity index (χ1v) is 10.4. The van der Waals surface area contributed by atoms with Crippen molar-refractivity contribution in [1.29, 1.82) is 0 Å². The number of amides is 2. The topological polar surface area (TPSA) is 58.6 Å². The zero-order valence-corrected chi connectivity index (χ0v) is 17.3. The fraction of sp³-hybridized carbons (Fsp3) is 0.417. The molecule has 1 heterocycles. The molecule has 2 aromatic rings. The molecule has 0 spiro atoms. The highest BCUT2D eigenvalue weighted by molar-refractivity contribution is 5.87. The van der Waals surface area contributed by atoms with Crippen molar-refractivity contribution in [3.63, 3.8) is 0 Å².